The Balaban J connectivity index is 2.02. The fourth-order valence-electron chi connectivity index (χ4n) is 2.76. The molecule has 0 unspecified atom stereocenters. The summed E-state index contributed by atoms with van der Waals surface area (Å²) >= 11 is 0. The number of carbonyl (C=O) groups is 2. The second kappa shape index (κ2) is 9.71. The molecule has 1 saturated heterocycles. The van der Waals surface area contributed by atoms with Crippen LogP contribution in [-0.2, 0) is 14.3 Å². The van der Waals surface area contributed by atoms with E-state index in [1.807, 2.05) is 4.90 Å². The molecule has 0 aliphatic carbocycles. The molecule has 9 heteroatoms. The summed E-state index contributed by atoms with van der Waals surface area (Å²) < 4.78 is 9.71. The number of methoxy groups -OCH3 is 1. The summed E-state index contributed by atoms with van der Waals surface area (Å²) in [4.78, 5) is 36.5. The maximum Gasteiger partial charge on any atom is 0.338 e. The van der Waals surface area contributed by atoms with Crippen molar-refractivity contribution in [2.24, 2.45) is 0 Å². The number of piperidine rings is 1. The monoisotopic (exact) mass is 365 g/mol. The Morgan fingerprint density at radius 2 is 2.00 bits per heavy atom. The number of nitro groups is 1. The molecular weight excluding hydrogens is 342 g/mol. The Hall–Kier alpha value is -2.68. The summed E-state index contributed by atoms with van der Waals surface area (Å²) in [5.74, 6) is -1.24. The van der Waals surface area contributed by atoms with E-state index in [1.54, 1.807) is 6.07 Å². The minimum Gasteiger partial charge on any atom is -0.452 e. The lowest BCUT2D eigenvalue weighted by atomic mass is 10.1. The number of nitrogens with zero attached hydrogens (tertiary/aromatic N) is 2. The van der Waals surface area contributed by atoms with Crippen molar-refractivity contribution in [3.8, 4) is 0 Å². The van der Waals surface area contributed by atoms with Gasteiger partial charge >= 0.3 is 5.97 Å². The molecule has 0 spiro atoms. The van der Waals surface area contributed by atoms with Crippen LogP contribution in [0.15, 0.2) is 18.2 Å². The van der Waals surface area contributed by atoms with Crippen LogP contribution in [0.2, 0.25) is 0 Å². The number of carbonyl (C=O) groups excluding carboxylic acids is 2. The molecule has 2 rings (SSSR count). The normalized spacial score (nSPS) is 14.0. The predicted molar refractivity (Wildman–Crippen MR) is 94.3 cm³/mol. The third-order valence-electron chi connectivity index (χ3n) is 4.07. The third kappa shape index (κ3) is 5.41. The second-order valence-corrected chi connectivity index (χ2v) is 5.93. The van der Waals surface area contributed by atoms with Crippen LogP contribution in [0.4, 0.5) is 11.4 Å². The molecule has 0 atom stereocenters. The number of ether oxygens (including phenoxy) is 2. The Morgan fingerprint density at radius 3 is 2.65 bits per heavy atom. The summed E-state index contributed by atoms with van der Waals surface area (Å²) in [6.45, 7) is 1.72. The molecule has 1 aliphatic heterocycles. The standard InChI is InChI=1S/C17H23N3O6/c1-25-10-7-18-16(21)12-26-17(22)13-5-6-14(15(11-13)20(23)24)19-8-3-2-4-9-19/h5-6,11H,2-4,7-10,12H2,1H3,(H,18,21). The van der Waals surface area contributed by atoms with Crippen molar-refractivity contribution in [2.75, 3.05) is 44.9 Å². The van der Waals surface area contributed by atoms with Gasteiger partial charge in [-0.2, -0.15) is 0 Å². The van der Waals surface area contributed by atoms with Crippen molar-refractivity contribution < 1.29 is 24.0 Å². The van der Waals surface area contributed by atoms with Gasteiger partial charge in [-0.25, -0.2) is 4.79 Å². The molecule has 142 valence electrons. The Morgan fingerprint density at radius 1 is 1.27 bits per heavy atom. The molecule has 0 radical (unpaired) electrons. The van der Waals surface area contributed by atoms with Gasteiger partial charge in [0.25, 0.3) is 11.6 Å². The van der Waals surface area contributed by atoms with Gasteiger partial charge in [-0.1, -0.05) is 0 Å². The summed E-state index contributed by atoms with van der Waals surface area (Å²) in [5.41, 5.74) is 0.414. The second-order valence-electron chi connectivity index (χ2n) is 5.93. The molecule has 1 aromatic rings. The molecule has 26 heavy (non-hydrogen) atoms. The van der Waals surface area contributed by atoms with Gasteiger partial charge in [-0.3, -0.25) is 14.9 Å². The number of rotatable bonds is 8. The van der Waals surface area contributed by atoms with Crippen LogP contribution in [0.25, 0.3) is 0 Å². The molecular formula is C17H23N3O6. The van der Waals surface area contributed by atoms with Crippen LogP contribution < -0.4 is 10.2 Å². The van der Waals surface area contributed by atoms with Gasteiger partial charge in [0.1, 0.15) is 5.69 Å². The zero-order valence-corrected chi connectivity index (χ0v) is 14.7. The number of nitro benzene ring substituents is 1. The van der Waals surface area contributed by atoms with Crippen molar-refractivity contribution >= 4 is 23.3 Å². The van der Waals surface area contributed by atoms with E-state index in [1.165, 1.54) is 19.2 Å². The van der Waals surface area contributed by atoms with Gasteiger partial charge in [0.15, 0.2) is 6.61 Å². The number of hydrogen-bond donors (Lipinski definition) is 1. The van der Waals surface area contributed by atoms with Crippen LogP contribution in [0.5, 0.6) is 0 Å². The molecule has 0 bridgehead atoms. The van der Waals surface area contributed by atoms with E-state index in [9.17, 15) is 19.7 Å². The lowest BCUT2D eigenvalue weighted by Gasteiger charge is -2.28. The van der Waals surface area contributed by atoms with Gasteiger partial charge in [0, 0.05) is 32.8 Å². The quantitative estimate of drug-likeness (QED) is 0.322. The van der Waals surface area contributed by atoms with E-state index in [4.69, 9.17) is 9.47 Å². The molecule has 1 fully saturated rings. The Labute approximate surface area is 151 Å². The first kappa shape index (κ1) is 19.6. The van der Waals surface area contributed by atoms with Gasteiger partial charge < -0.3 is 19.7 Å². The van der Waals surface area contributed by atoms with Gasteiger partial charge in [-0.15, -0.1) is 0 Å². The molecule has 0 aromatic heterocycles. The Bertz CT molecular complexity index is 658. The smallest absolute Gasteiger partial charge is 0.338 e. The van der Waals surface area contributed by atoms with E-state index in [0.29, 0.717) is 18.8 Å². The lowest BCUT2D eigenvalue weighted by Crippen LogP contribution is -2.31. The van der Waals surface area contributed by atoms with E-state index in [2.05, 4.69) is 5.32 Å². The summed E-state index contributed by atoms with van der Waals surface area (Å²) in [7, 11) is 1.51. The zero-order valence-electron chi connectivity index (χ0n) is 14.7. The van der Waals surface area contributed by atoms with E-state index < -0.39 is 23.4 Å². The van der Waals surface area contributed by atoms with E-state index in [0.717, 1.165) is 32.4 Å². The fourth-order valence-corrected chi connectivity index (χ4v) is 2.76. The first-order valence-electron chi connectivity index (χ1n) is 8.49. The fraction of sp³-hybridized carbons (Fsp3) is 0.529. The average molecular weight is 365 g/mol. The number of amides is 1. The van der Waals surface area contributed by atoms with Crippen LogP contribution in [0.1, 0.15) is 29.6 Å². The van der Waals surface area contributed by atoms with Crippen molar-refractivity contribution in [2.45, 2.75) is 19.3 Å². The highest BCUT2D eigenvalue weighted by Gasteiger charge is 2.23. The summed E-state index contributed by atoms with van der Waals surface area (Å²) in [6, 6.07) is 4.26. The van der Waals surface area contributed by atoms with Crippen molar-refractivity contribution in [1.29, 1.82) is 0 Å². The van der Waals surface area contributed by atoms with Crippen LogP contribution in [0, 0.1) is 10.1 Å². The van der Waals surface area contributed by atoms with Gasteiger partial charge in [0.05, 0.1) is 17.1 Å². The van der Waals surface area contributed by atoms with E-state index in [-0.39, 0.29) is 11.3 Å². The van der Waals surface area contributed by atoms with Gasteiger partial charge in [-0.05, 0) is 31.4 Å². The SMILES string of the molecule is COCCNC(=O)COC(=O)c1ccc(N2CCCCC2)c([N+](=O)[O-])c1. The molecule has 1 amide bonds. The molecule has 0 saturated carbocycles. The zero-order chi connectivity index (χ0) is 18.9. The molecule has 1 aromatic carbocycles. The van der Waals surface area contributed by atoms with Crippen LogP contribution in [-0.4, -0.2) is 56.8 Å². The highest BCUT2D eigenvalue weighted by molar-refractivity contribution is 5.93. The lowest BCUT2D eigenvalue weighted by molar-refractivity contribution is -0.384. The van der Waals surface area contributed by atoms with E-state index >= 15 is 0 Å². The number of esters is 1. The largest absolute Gasteiger partial charge is 0.452 e. The first-order valence-corrected chi connectivity index (χ1v) is 8.49. The van der Waals surface area contributed by atoms with Crippen molar-refractivity contribution in [3.05, 3.63) is 33.9 Å². The maximum absolute atomic E-state index is 12.1. The highest BCUT2D eigenvalue weighted by atomic mass is 16.6. The minimum atomic E-state index is -0.778. The van der Waals surface area contributed by atoms with Crippen LogP contribution >= 0.6 is 0 Å². The Kier molecular flexibility index (Phi) is 7.34. The number of benzene rings is 1. The number of anilines is 1. The minimum absolute atomic E-state index is 0.0437. The highest BCUT2D eigenvalue weighted by Crippen LogP contribution is 2.31. The van der Waals surface area contributed by atoms with Crippen molar-refractivity contribution in [3.63, 3.8) is 0 Å². The molecule has 9 nitrogen and oxygen atoms in total. The maximum atomic E-state index is 12.1. The molecule has 1 heterocycles. The first-order chi connectivity index (χ1) is 12.5. The number of nitrogens with one attached hydrogen (secondary N) is 1. The topological polar surface area (TPSA) is 111 Å². The third-order valence-corrected chi connectivity index (χ3v) is 4.07. The number of hydrogen-bond acceptors (Lipinski definition) is 7. The van der Waals surface area contributed by atoms with Crippen LogP contribution in [0.3, 0.4) is 0 Å². The summed E-state index contributed by atoms with van der Waals surface area (Å²) in [6.07, 6.45) is 3.08. The van der Waals surface area contributed by atoms with Crippen molar-refractivity contribution in [1.82, 2.24) is 5.32 Å². The predicted octanol–water partition coefficient (Wildman–Crippen LogP) is 1.50. The van der Waals surface area contributed by atoms with Gasteiger partial charge in [0.2, 0.25) is 0 Å². The molecule has 1 N–H and O–H groups in total. The summed E-state index contributed by atoms with van der Waals surface area (Å²) in [5, 5.41) is 13.9. The average Bonchev–Trinajstić information content (AvgIpc) is 2.66. The molecule has 1 aliphatic rings.